The molecule has 0 amide bonds. The fraction of sp³-hybridized carbons (Fsp3) is 0.667. The van der Waals surface area contributed by atoms with Gasteiger partial charge in [0.15, 0.2) is 5.96 Å². The first-order valence-electron chi connectivity index (χ1n) is 9.86. The van der Waals surface area contributed by atoms with Gasteiger partial charge in [-0.2, -0.15) is 0 Å². The van der Waals surface area contributed by atoms with E-state index in [4.69, 9.17) is 14.5 Å². The van der Waals surface area contributed by atoms with E-state index in [1.54, 1.807) is 0 Å². The molecule has 1 aromatic carbocycles. The molecule has 1 unspecified atom stereocenters. The minimum absolute atomic E-state index is 0.125. The van der Waals surface area contributed by atoms with E-state index >= 15 is 0 Å². The number of aliphatic hydroxyl groups is 1. The van der Waals surface area contributed by atoms with E-state index in [0.29, 0.717) is 25.6 Å². The van der Waals surface area contributed by atoms with Gasteiger partial charge in [-0.05, 0) is 31.9 Å². The highest BCUT2D eigenvalue weighted by Gasteiger charge is 2.18. The molecule has 2 rings (SSSR count). The van der Waals surface area contributed by atoms with Gasteiger partial charge in [0.05, 0.1) is 19.8 Å². The summed E-state index contributed by atoms with van der Waals surface area (Å²) in [4.78, 5) is 4.70. The molecule has 152 valence electrons. The van der Waals surface area contributed by atoms with E-state index in [-0.39, 0.29) is 12.0 Å². The summed E-state index contributed by atoms with van der Waals surface area (Å²) >= 11 is 0. The molecule has 3 N–H and O–H groups in total. The van der Waals surface area contributed by atoms with E-state index in [1.165, 1.54) is 5.56 Å². The van der Waals surface area contributed by atoms with Crippen molar-refractivity contribution in [2.24, 2.45) is 16.3 Å². The van der Waals surface area contributed by atoms with Gasteiger partial charge in [0.1, 0.15) is 5.75 Å². The third-order valence-electron chi connectivity index (χ3n) is 4.64. The second-order valence-electron chi connectivity index (χ2n) is 8.02. The Kier molecular flexibility index (Phi) is 8.38. The second kappa shape index (κ2) is 10.5. The molecule has 27 heavy (non-hydrogen) atoms. The highest BCUT2D eigenvalue weighted by molar-refractivity contribution is 5.79. The zero-order chi connectivity index (χ0) is 19.7. The third-order valence-corrected chi connectivity index (χ3v) is 4.64. The van der Waals surface area contributed by atoms with Crippen LogP contribution < -0.4 is 15.4 Å². The first-order chi connectivity index (χ1) is 12.9. The van der Waals surface area contributed by atoms with Gasteiger partial charge >= 0.3 is 0 Å². The number of rotatable bonds is 9. The van der Waals surface area contributed by atoms with E-state index in [1.807, 2.05) is 20.8 Å². The van der Waals surface area contributed by atoms with E-state index < -0.39 is 0 Å². The molecule has 1 aromatic rings. The number of nitrogens with one attached hydrogen (secondary N) is 2. The number of ether oxygens (including phenoxy) is 2. The number of benzene rings is 1. The Morgan fingerprint density at radius 2 is 2.19 bits per heavy atom. The molecule has 0 radical (unpaired) electrons. The van der Waals surface area contributed by atoms with Crippen LogP contribution in [0.3, 0.4) is 0 Å². The number of nitrogens with zero attached hydrogens (tertiary/aromatic N) is 1. The van der Waals surface area contributed by atoms with Gasteiger partial charge < -0.3 is 25.2 Å². The SMILES string of the molecule is CCNC(=NCc1ccc(C)cc1OCC1CCOC1)NCC(C)(C)CO. The molecule has 1 heterocycles. The largest absolute Gasteiger partial charge is 0.493 e. The number of aryl methyl sites for hydroxylation is 1. The maximum Gasteiger partial charge on any atom is 0.191 e. The lowest BCUT2D eigenvalue weighted by Crippen LogP contribution is -2.43. The van der Waals surface area contributed by atoms with Crippen LogP contribution in [0.15, 0.2) is 23.2 Å². The number of aliphatic imine (C=N–C) groups is 1. The summed E-state index contributed by atoms with van der Waals surface area (Å²) < 4.78 is 11.5. The van der Waals surface area contributed by atoms with Crippen molar-refractivity contribution in [3.05, 3.63) is 29.3 Å². The highest BCUT2D eigenvalue weighted by atomic mass is 16.5. The smallest absolute Gasteiger partial charge is 0.191 e. The van der Waals surface area contributed by atoms with Gasteiger partial charge in [0.25, 0.3) is 0 Å². The van der Waals surface area contributed by atoms with Crippen LogP contribution >= 0.6 is 0 Å². The van der Waals surface area contributed by atoms with Gasteiger partial charge in [-0.1, -0.05) is 26.0 Å². The van der Waals surface area contributed by atoms with Gasteiger partial charge in [-0.25, -0.2) is 4.99 Å². The molecule has 0 aliphatic carbocycles. The van der Waals surface area contributed by atoms with Crippen molar-refractivity contribution in [3.8, 4) is 5.75 Å². The predicted molar refractivity (Wildman–Crippen MR) is 109 cm³/mol. The summed E-state index contributed by atoms with van der Waals surface area (Å²) in [6, 6.07) is 6.25. The van der Waals surface area contributed by atoms with Crippen LogP contribution in [0, 0.1) is 18.3 Å². The molecular weight excluding hydrogens is 342 g/mol. The molecule has 6 nitrogen and oxygen atoms in total. The summed E-state index contributed by atoms with van der Waals surface area (Å²) in [5, 5.41) is 16.0. The molecule has 1 atom stereocenters. The van der Waals surface area contributed by atoms with E-state index in [0.717, 1.165) is 43.5 Å². The predicted octanol–water partition coefficient (Wildman–Crippen LogP) is 2.48. The van der Waals surface area contributed by atoms with Crippen molar-refractivity contribution in [2.75, 3.05) is 39.5 Å². The average molecular weight is 378 g/mol. The summed E-state index contributed by atoms with van der Waals surface area (Å²) in [5.41, 5.74) is 2.05. The first kappa shape index (κ1) is 21.5. The standard InChI is InChI=1S/C21H35N3O3/c1-5-22-20(24-14-21(3,4)15-25)23-11-18-7-6-16(2)10-19(18)27-13-17-8-9-26-12-17/h6-7,10,17,25H,5,8-9,11-15H2,1-4H3,(H2,22,23,24). The molecule has 1 aliphatic heterocycles. The fourth-order valence-electron chi connectivity index (χ4n) is 2.73. The lowest BCUT2D eigenvalue weighted by Gasteiger charge is -2.23. The van der Waals surface area contributed by atoms with Gasteiger partial charge in [0.2, 0.25) is 0 Å². The van der Waals surface area contributed by atoms with Crippen LogP contribution in [-0.2, 0) is 11.3 Å². The molecule has 1 fully saturated rings. The molecule has 0 saturated carbocycles. The molecule has 0 aromatic heterocycles. The molecule has 6 heteroatoms. The zero-order valence-corrected chi connectivity index (χ0v) is 17.2. The van der Waals surface area contributed by atoms with Crippen molar-refractivity contribution in [1.82, 2.24) is 10.6 Å². The van der Waals surface area contributed by atoms with Crippen molar-refractivity contribution < 1.29 is 14.6 Å². The van der Waals surface area contributed by atoms with E-state index in [2.05, 4.69) is 35.8 Å². The maximum absolute atomic E-state index is 9.43. The van der Waals surface area contributed by atoms with Crippen LogP contribution in [0.2, 0.25) is 0 Å². The highest BCUT2D eigenvalue weighted by Crippen LogP contribution is 2.23. The summed E-state index contributed by atoms with van der Waals surface area (Å²) in [6.45, 7) is 12.5. The molecule has 0 bridgehead atoms. The van der Waals surface area contributed by atoms with Crippen LogP contribution in [0.5, 0.6) is 5.75 Å². The normalized spacial score (nSPS) is 17.8. The van der Waals surface area contributed by atoms with Crippen LogP contribution in [0.4, 0.5) is 0 Å². The molecular formula is C21H35N3O3. The Hall–Kier alpha value is -1.79. The van der Waals surface area contributed by atoms with Crippen molar-refractivity contribution in [3.63, 3.8) is 0 Å². The van der Waals surface area contributed by atoms with Gasteiger partial charge in [-0.3, -0.25) is 0 Å². The van der Waals surface area contributed by atoms with Crippen molar-refractivity contribution in [2.45, 2.75) is 40.7 Å². The Bertz CT molecular complexity index is 611. The number of guanidine groups is 1. The number of hydrogen-bond donors (Lipinski definition) is 3. The van der Waals surface area contributed by atoms with Crippen molar-refractivity contribution >= 4 is 5.96 Å². The third kappa shape index (κ3) is 7.39. The molecule has 1 saturated heterocycles. The zero-order valence-electron chi connectivity index (χ0n) is 17.2. The van der Waals surface area contributed by atoms with E-state index in [9.17, 15) is 5.11 Å². The van der Waals surface area contributed by atoms with Crippen molar-refractivity contribution in [1.29, 1.82) is 0 Å². The Morgan fingerprint density at radius 1 is 1.37 bits per heavy atom. The van der Waals surface area contributed by atoms with Gasteiger partial charge in [-0.15, -0.1) is 0 Å². The Labute approximate surface area is 163 Å². The Morgan fingerprint density at radius 3 is 2.85 bits per heavy atom. The lowest BCUT2D eigenvalue weighted by atomic mass is 9.95. The average Bonchev–Trinajstić information content (AvgIpc) is 3.17. The van der Waals surface area contributed by atoms with Crippen LogP contribution in [0.1, 0.15) is 38.3 Å². The van der Waals surface area contributed by atoms with Crippen LogP contribution in [0.25, 0.3) is 0 Å². The minimum atomic E-state index is -0.197. The topological polar surface area (TPSA) is 75.1 Å². The monoisotopic (exact) mass is 377 g/mol. The summed E-state index contributed by atoms with van der Waals surface area (Å²) in [5.74, 6) is 2.12. The summed E-state index contributed by atoms with van der Waals surface area (Å²) in [6.07, 6.45) is 1.06. The Balaban J connectivity index is 2.02. The number of hydrogen-bond acceptors (Lipinski definition) is 4. The quantitative estimate of drug-likeness (QED) is 0.455. The van der Waals surface area contributed by atoms with Crippen LogP contribution in [-0.4, -0.2) is 50.6 Å². The molecule has 0 spiro atoms. The first-order valence-corrected chi connectivity index (χ1v) is 9.86. The number of aliphatic hydroxyl groups excluding tert-OH is 1. The summed E-state index contributed by atoms with van der Waals surface area (Å²) in [7, 11) is 0. The maximum atomic E-state index is 9.43. The fourth-order valence-corrected chi connectivity index (χ4v) is 2.73. The second-order valence-corrected chi connectivity index (χ2v) is 8.02. The molecule has 1 aliphatic rings. The minimum Gasteiger partial charge on any atom is -0.493 e. The van der Waals surface area contributed by atoms with Gasteiger partial charge in [0, 0.05) is 43.2 Å². The lowest BCUT2D eigenvalue weighted by molar-refractivity contribution is 0.162.